The first kappa shape index (κ1) is 16.0. The zero-order valence-corrected chi connectivity index (χ0v) is 12.4. The zero-order chi connectivity index (χ0) is 13.0. The molecule has 0 unspecified atom stereocenters. The number of nitrogens with one attached hydrogen (secondary N) is 1. The monoisotopic (exact) mass is 304 g/mol. The number of amides is 1. The van der Waals surface area contributed by atoms with Crippen LogP contribution in [0.3, 0.4) is 0 Å². The van der Waals surface area contributed by atoms with Gasteiger partial charge in [0.25, 0.3) is 0 Å². The molecule has 0 spiro atoms. The lowest BCUT2D eigenvalue weighted by Gasteiger charge is -2.16. The zero-order valence-electron chi connectivity index (χ0n) is 10.9. The molecular formula is C12H18Cl2N4O. The Bertz CT molecular complexity index is 436. The number of rotatable bonds is 4. The van der Waals surface area contributed by atoms with Crippen molar-refractivity contribution in [3.05, 3.63) is 17.5 Å². The first-order valence-corrected chi connectivity index (χ1v) is 6.64. The smallest absolute Gasteiger partial charge is 0.235 e. The standard InChI is InChI=1S/C12H17ClN4O.ClH/c1-9-6-10(8-14-11(18)7-13)16-12(15-9)17-4-2-3-5-17;/h6H,2-5,7-8H2,1H3,(H,14,18);1H. The number of aryl methyl sites for hydroxylation is 1. The van der Waals surface area contributed by atoms with Crippen molar-refractivity contribution >= 4 is 35.9 Å². The number of carbonyl (C=O) groups excluding carboxylic acids is 1. The van der Waals surface area contributed by atoms with Gasteiger partial charge in [-0.15, -0.1) is 24.0 Å². The maximum atomic E-state index is 11.1. The van der Waals surface area contributed by atoms with Crippen LogP contribution in [0.25, 0.3) is 0 Å². The second-order valence-corrected chi connectivity index (χ2v) is 4.67. The van der Waals surface area contributed by atoms with Crippen molar-refractivity contribution in [1.29, 1.82) is 0 Å². The largest absolute Gasteiger partial charge is 0.349 e. The van der Waals surface area contributed by atoms with Gasteiger partial charge in [-0.2, -0.15) is 0 Å². The molecule has 1 aromatic heterocycles. The van der Waals surface area contributed by atoms with Crippen molar-refractivity contribution in [2.75, 3.05) is 23.9 Å². The van der Waals surface area contributed by atoms with Gasteiger partial charge in [-0.25, -0.2) is 9.97 Å². The normalized spacial score (nSPS) is 14.1. The number of anilines is 1. The molecule has 1 fully saturated rings. The summed E-state index contributed by atoms with van der Waals surface area (Å²) in [5.74, 6) is 0.557. The molecule has 0 atom stereocenters. The van der Waals surface area contributed by atoms with Crippen molar-refractivity contribution < 1.29 is 4.79 Å². The van der Waals surface area contributed by atoms with E-state index in [0.717, 1.165) is 30.4 Å². The highest BCUT2D eigenvalue weighted by molar-refractivity contribution is 6.27. The van der Waals surface area contributed by atoms with Crippen LogP contribution in [0.15, 0.2) is 6.07 Å². The number of nitrogens with zero attached hydrogens (tertiary/aromatic N) is 3. The molecule has 2 rings (SSSR count). The van der Waals surface area contributed by atoms with Gasteiger partial charge >= 0.3 is 0 Å². The SMILES string of the molecule is Cc1cc(CNC(=O)CCl)nc(N2CCCC2)n1.Cl. The first-order valence-electron chi connectivity index (χ1n) is 6.11. The summed E-state index contributed by atoms with van der Waals surface area (Å²) in [6.07, 6.45) is 2.38. The predicted octanol–water partition coefficient (Wildman–Crippen LogP) is 1.66. The number of carbonyl (C=O) groups is 1. The summed E-state index contributed by atoms with van der Waals surface area (Å²) in [5.41, 5.74) is 1.74. The highest BCUT2D eigenvalue weighted by Gasteiger charge is 2.15. The molecule has 1 aliphatic rings. The lowest BCUT2D eigenvalue weighted by Crippen LogP contribution is -2.26. The van der Waals surface area contributed by atoms with Gasteiger partial charge in [0.05, 0.1) is 12.2 Å². The van der Waals surface area contributed by atoms with Crippen molar-refractivity contribution in [3.8, 4) is 0 Å². The Morgan fingerprint density at radius 2 is 2.11 bits per heavy atom. The molecule has 0 saturated carbocycles. The molecule has 0 radical (unpaired) electrons. The van der Waals surface area contributed by atoms with Gasteiger partial charge in [0, 0.05) is 18.8 Å². The third kappa shape index (κ3) is 4.51. The Hall–Kier alpha value is -1.07. The lowest BCUT2D eigenvalue weighted by molar-refractivity contribution is -0.118. The number of halogens is 2. The molecule has 106 valence electrons. The van der Waals surface area contributed by atoms with Gasteiger partial charge in [-0.1, -0.05) is 0 Å². The van der Waals surface area contributed by atoms with Gasteiger partial charge in [0.1, 0.15) is 5.88 Å². The number of alkyl halides is 1. The molecule has 1 aromatic rings. The van der Waals surface area contributed by atoms with Gasteiger partial charge < -0.3 is 10.2 Å². The summed E-state index contributed by atoms with van der Waals surface area (Å²) in [6.45, 7) is 4.36. The molecule has 0 aromatic carbocycles. The summed E-state index contributed by atoms with van der Waals surface area (Å²) in [6, 6.07) is 1.88. The quantitative estimate of drug-likeness (QED) is 0.860. The van der Waals surface area contributed by atoms with Crippen LogP contribution in [-0.2, 0) is 11.3 Å². The minimum Gasteiger partial charge on any atom is -0.349 e. The summed E-state index contributed by atoms with van der Waals surface area (Å²) in [4.78, 5) is 22.2. The first-order chi connectivity index (χ1) is 8.69. The van der Waals surface area contributed by atoms with Crippen LogP contribution in [0, 0.1) is 6.92 Å². The predicted molar refractivity (Wildman–Crippen MR) is 78.0 cm³/mol. The van der Waals surface area contributed by atoms with E-state index in [1.165, 1.54) is 12.8 Å². The highest BCUT2D eigenvalue weighted by atomic mass is 35.5. The average molecular weight is 305 g/mol. The molecule has 1 saturated heterocycles. The highest BCUT2D eigenvalue weighted by Crippen LogP contribution is 2.16. The van der Waals surface area contributed by atoms with E-state index in [-0.39, 0.29) is 24.2 Å². The van der Waals surface area contributed by atoms with Crippen LogP contribution in [0.2, 0.25) is 0 Å². The van der Waals surface area contributed by atoms with E-state index in [1.807, 2.05) is 13.0 Å². The Balaban J connectivity index is 0.00000180. The number of hydrogen-bond donors (Lipinski definition) is 1. The van der Waals surface area contributed by atoms with Crippen molar-refractivity contribution in [2.45, 2.75) is 26.3 Å². The van der Waals surface area contributed by atoms with Crippen LogP contribution >= 0.6 is 24.0 Å². The fourth-order valence-electron chi connectivity index (χ4n) is 2.00. The Morgan fingerprint density at radius 1 is 1.42 bits per heavy atom. The molecule has 5 nitrogen and oxygen atoms in total. The Morgan fingerprint density at radius 3 is 2.74 bits per heavy atom. The molecule has 7 heteroatoms. The van der Waals surface area contributed by atoms with Crippen molar-refractivity contribution in [3.63, 3.8) is 0 Å². The number of hydrogen-bond acceptors (Lipinski definition) is 4. The summed E-state index contributed by atoms with van der Waals surface area (Å²) in [5, 5.41) is 2.71. The van der Waals surface area contributed by atoms with E-state index in [4.69, 9.17) is 11.6 Å². The lowest BCUT2D eigenvalue weighted by atomic mass is 10.3. The summed E-state index contributed by atoms with van der Waals surface area (Å²) in [7, 11) is 0. The minimum absolute atomic E-state index is 0. The molecule has 1 amide bonds. The second-order valence-electron chi connectivity index (χ2n) is 4.41. The molecule has 19 heavy (non-hydrogen) atoms. The third-order valence-corrected chi connectivity index (χ3v) is 3.12. The topological polar surface area (TPSA) is 58.1 Å². The van der Waals surface area contributed by atoms with Gasteiger partial charge in [0.15, 0.2) is 0 Å². The van der Waals surface area contributed by atoms with Gasteiger partial charge in [0.2, 0.25) is 11.9 Å². The summed E-state index contributed by atoms with van der Waals surface area (Å²) >= 11 is 5.43. The Kier molecular flexibility index (Phi) is 6.31. The summed E-state index contributed by atoms with van der Waals surface area (Å²) < 4.78 is 0. The van der Waals surface area contributed by atoms with Gasteiger partial charge in [-0.05, 0) is 25.8 Å². The van der Waals surface area contributed by atoms with Crippen molar-refractivity contribution in [2.24, 2.45) is 0 Å². The van der Waals surface area contributed by atoms with E-state index in [2.05, 4.69) is 20.2 Å². The molecule has 0 bridgehead atoms. The van der Waals surface area contributed by atoms with Crippen LogP contribution in [-0.4, -0.2) is 34.8 Å². The van der Waals surface area contributed by atoms with E-state index in [0.29, 0.717) is 6.54 Å². The van der Waals surface area contributed by atoms with Gasteiger partial charge in [-0.3, -0.25) is 4.79 Å². The number of aromatic nitrogens is 2. The Labute approximate surface area is 124 Å². The molecule has 2 heterocycles. The molecule has 1 aliphatic heterocycles. The molecular weight excluding hydrogens is 287 g/mol. The maximum Gasteiger partial charge on any atom is 0.235 e. The molecule has 1 N–H and O–H groups in total. The van der Waals surface area contributed by atoms with Crippen LogP contribution in [0.4, 0.5) is 5.95 Å². The fourth-order valence-corrected chi connectivity index (χ4v) is 2.10. The van der Waals surface area contributed by atoms with Crippen molar-refractivity contribution in [1.82, 2.24) is 15.3 Å². The second kappa shape index (κ2) is 7.50. The average Bonchev–Trinajstić information content (AvgIpc) is 2.89. The van der Waals surface area contributed by atoms with E-state index >= 15 is 0 Å². The van der Waals surface area contributed by atoms with E-state index < -0.39 is 0 Å². The van der Waals surface area contributed by atoms with Crippen LogP contribution in [0.1, 0.15) is 24.2 Å². The van der Waals surface area contributed by atoms with E-state index in [9.17, 15) is 4.79 Å². The fraction of sp³-hybridized carbons (Fsp3) is 0.583. The van der Waals surface area contributed by atoms with Crippen LogP contribution in [0.5, 0.6) is 0 Å². The molecule has 0 aliphatic carbocycles. The van der Waals surface area contributed by atoms with Crippen LogP contribution < -0.4 is 10.2 Å². The van der Waals surface area contributed by atoms with E-state index in [1.54, 1.807) is 0 Å². The third-order valence-electron chi connectivity index (χ3n) is 2.87. The minimum atomic E-state index is -0.185. The maximum absolute atomic E-state index is 11.1.